The summed E-state index contributed by atoms with van der Waals surface area (Å²) in [6, 6.07) is 0. The van der Waals surface area contributed by atoms with Crippen molar-refractivity contribution in [2.75, 3.05) is 52.4 Å². The summed E-state index contributed by atoms with van der Waals surface area (Å²) >= 11 is 0. The molecule has 14 nitrogen and oxygen atoms in total. The fourth-order valence-corrected chi connectivity index (χ4v) is 16.3. The van der Waals surface area contributed by atoms with Crippen molar-refractivity contribution in [3.05, 3.63) is 0 Å². The van der Waals surface area contributed by atoms with Crippen LogP contribution in [0.15, 0.2) is 0 Å². The monoisotopic (exact) mass is 1640 g/mol. The summed E-state index contributed by atoms with van der Waals surface area (Å²) in [4.78, 5) is 86.2. The van der Waals surface area contributed by atoms with Crippen molar-refractivity contribution < 1.29 is 47.7 Å². The fourth-order valence-electron chi connectivity index (χ4n) is 16.3. The van der Waals surface area contributed by atoms with E-state index in [2.05, 4.69) is 104 Å². The first-order chi connectivity index (χ1) is 56.1. The number of carbonyl (C=O) groups excluding carboxylic acids is 6. The Morgan fingerprint density at radius 2 is 0.457 bits per heavy atom. The Morgan fingerprint density at radius 3 is 0.741 bits per heavy atom. The molecule has 0 aromatic rings. The normalized spacial score (nSPS) is 12.7. The predicted octanol–water partition coefficient (Wildman–Crippen LogP) is 28.8. The van der Waals surface area contributed by atoms with Gasteiger partial charge in [-0.15, -0.1) is 0 Å². The highest BCUT2D eigenvalue weighted by molar-refractivity contribution is 5.83. The van der Waals surface area contributed by atoms with Crippen molar-refractivity contribution >= 4 is 35.7 Å². The van der Waals surface area contributed by atoms with Gasteiger partial charge >= 0.3 is 23.9 Å². The molecule has 0 aromatic heterocycles. The Hall–Kier alpha value is -3.26. The zero-order valence-electron chi connectivity index (χ0n) is 79.8. The zero-order valence-corrected chi connectivity index (χ0v) is 79.8. The molecule has 0 fully saturated rings. The van der Waals surface area contributed by atoms with E-state index in [9.17, 15) is 28.8 Å². The van der Waals surface area contributed by atoms with Gasteiger partial charge in [-0.2, -0.15) is 0 Å². The van der Waals surface area contributed by atoms with Crippen LogP contribution >= 0.6 is 0 Å². The molecule has 0 aliphatic carbocycles. The molecule has 686 valence electrons. The molecular formula is C102H198N4O10. The number of carbonyl (C=O) groups is 6. The number of esters is 4. The van der Waals surface area contributed by atoms with E-state index in [-0.39, 0.29) is 72.9 Å². The molecule has 0 rings (SSSR count). The van der Waals surface area contributed by atoms with E-state index in [1.54, 1.807) is 0 Å². The highest BCUT2D eigenvalue weighted by Crippen LogP contribution is 2.32. The van der Waals surface area contributed by atoms with Crippen LogP contribution in [0.2, 0.25) is 0 Å². The highest BCUT2D eigenvalue weighted by Gasteiger charge is 2.34. The first-order valence-electron chi connectivity index (χ1n) is 50.9. The molecule has 0 bridgehead atoms. The Morgan fingerprint density at radius 1 is 0.241 bits per heavy atom. The molecule has 0 spiro atoms. The van der Waals surface area contributed by atoms with Crippen molar-refractivity contribution in [1.82, 2.24) is 20.4 Å². The second-order valence-corrected chi connectivity index (χ2v) is 37.9. The smallest absolute Gasteiger partial charge is 0.311 e. The Bertz CT molecular complexity index is 2230. The average Bonchev–Trinajstić information content (AvgIpc) is 0.883. The molecule has 1 unspecified atom stereocenters. The number of nitrogens with one attached hydrogen (secondary N) is 2. The van der Waals surface area contributed by atoms with Gasteiger partial charge in [0.2, 0.25) is 11.8 Å². The maximum Gasteiger partial charge on any atom is 0.311 e. The molecule has 0 aliphatic rings. The Kier molecular flexibility index (Phi) is 76.7. The van der Waals surface area contributed by atoms with Gasteiger partial charge in [0.15, 0.2) is 0 Å². The summed E-state index contributed by atoms with van der Waals surface area (Å²) in [5.74, 6) is -0.491. The standard InChI is InChI=1S/C102H198N4O10/c1-15-23-29-35-41-43-49-56-70-90(21-7)113-96(109)76-62-55-68-86-105(84-66-53-51-63-79-100(9,10)98(111)115-92(72-58-45-37-31-25-17-3)73-59-46-38-32-26-18-4)88-82-103-94(107)77-78-95(108)104-83-89-106(87-69-65-81-102(13,14)97(110)114-91(22-8)71-57-50-44-42-36-30-24-16-2)85-67-54-52-64-80-101(11,12)99(112)116-93(74-60-47-39-33-27-19-5)75-61-48-40-34-28-20-6/h90-93H,15-89H2,1-14H3,(H,103,107)(H,104,108)/t90-,91?/m0/s1. The van der Waals surface area contributed by atoms with Crippen molar-refractivity contribution in [1.29, 1.82) is 0 Å². The quantitative estimate of drug-likeness (QED) is 0.0336. The van der Waals surface area contributed by atoms with E-state index in [4.69, 9.17) is 18.9 Å². The first kappa shape index (κ1) is 113. The third-order valence-electron chi connectivity index (χ3n) is 25.0. The lowest BCUT2D eigenvalue weighted by Gasteiger charge is -2.27. The van der Waals surface area contributed by atoms with Crippen molar-refractivity contribution in [2.24, 2.45) is 16.2 Å². The first-order valence-corrected chi connectivity index (χ1v) is 50.9. The molecule has 2 N–H and O–H groups in total. The number of nitrogens with zero attached hydrogens (tertiary/aromatic N) is 2. The van der Waals surface area contributed by atoms with Crippen LogP contribution in [-0.4, -0.2) is 122 Å². The summed E-state index contributed by atoms with van der Waals surface area (Å²) in [6.45, 7) is 36.1. The van der Waals surface area contributed by atoms with E-state index in [0.717, 1.165) is 219 Å². The third kappa shape index (κ3) is 68.3. The van der Waals surface area contributed by atoms with Gasteiger partial charge < -0.3 is 39.4 Å². The second kappa shape index (κ2) is 79.0. The summed E-state index contributed by atoms with van der Waals surface area (Å²) in [5, 5.41) is 6.30. The molecule has 0 aliphatic heterocycles. The molecule has 2 atom stereocenters. The van der Waals surface area contributed by atoms with Crippen LogP contribution in [0.25, 0.3) is 0 Å². The predicted molar refractivity (Wildman–Crippen MR) is 494 cm³/mol. The van der Waals surface area contributed by atoms with Gasteiger partial charge in [0, 0.05) is 45.4 Å². The molecule has 2 amide bonds. The lowest BCUT2D eigenvalue weighted by molar-refractivity contribution is -0.161. The van der Waals surface area contributed by atoms with E-state index >= 15 is 0 Å². The van der Waals surface area contributed by atoms with Crippen LogP contribution in [0.1, 0.15) is 527 Å². The van der Waals surface area contributed by atoms with Gasteiger partial charge in [-0.25, -0.2) is 0 Å². The van der Waals surface area contributed by atoms with E-state index in [0.29, 0.717) is 32.6 Å². The summed E-state index contributed by atoms with van der Waals surface area (Å²) in [7, 11) is 0. The minimum absolute atomic E-state index is 0.00435. The number of amides is 2. The maximum atomic E-state index is 13.9. The number of hydrogen-bond donors (Lipinski definition) is 2. The van der Waals surface area contributed by atoms with Gasteiger partial charge in [0.1, 0.15) is 24.4 Å². The molecule has 116 heavy (non-hydrogen) atoms. The largest absolute Gasteiger partial charge is 0.462 e. The van der Waals surface area contributed by atoms with Gasteiger partial charge in [0.25, 0.3) is 0 Å². The molecule has 0 saturated carbocycles. The SMILES string of the molecule is CCCCCCCCCCC(CC)OC(=O)C(C)(C)CCCCN(CCCCCCC(C)(C)C(=O)OC(CCCCCCCC)CCCCCCCC)CCNC(=O)CCC(=O)NCCN(CCCCCCC(C)(C)C(=O)OC(CCCCCCCC)CCCCCCCC)CCCCCC(=O)O[C@@H](CC)CCCCCCCCCC. The van der Waals surface area contributed by atoms with Crippen LogP contribution in [0, 0.1) is 16.2 Å². The lowest BCUT2D eigenvalue weighted by Crippen LogP contribution is -2.38. The molecular weight excluding hydrogens is 1440 g/mol. The van der Waals surface area contributed by atoms with E-state index in [1.165, 1.54) is 218 Å². The number of unbranched alkanes of at least 4 members (excludes halogenated alkanes) is 43. The summed E-state index contributed by atoms with van der Waals surface area (Å²) in [5.41, 5.74) is -1.64. The minimum atomic E-state index is -0.576. The molecule has 14 heteroatoms. The molecule has 0 heterocycles. The maximum absolute atomic E-state index is 13.9. The zero-order chi connectivity index (χ0) is 85.7. The van der Waals surface area contributed by atoms with Gasteiger partial charge in [-0.3, -0.25) is 28.8 Å². The summed E-state index contributed by atoms with van der Waals surface area (Å²) in [6.07, 6.45) is 73.2. The second-order valence-electron chi connectivity index (χ2n) is 37.9. The van der Waals surface area contributed by atoms with Crippen LogP contribution in [-0.2, 0) is 47.7 Å². The third-order valence-corrected chi connectivity index (χ3v) is 25.0. The molecule has 0 radical (unpaired) electrons. The fraction of sp³-hybridized carbons (Fsp3) is 0.941. The lowest BCUT2D eigenvalue weighted by atomic mass is 9.86. The van der Waals surface area contributed by atoms with Crippen LogP contribution < -0.4 is 10.6 Å². The van der Waals surface area contributed by atoms with Crippen LogP contribution in [0.4, 0.5) is 0 Å². The van der Waals surface area contributed by atoms with E-state index in [1.807, 2.05) is 13.8 Å². The Balaban J connectivity index is 5.91. The van der Waals surface area contributed by atoms with Gasteiger partial charge in [-0.05, 0) is 209 Å². The Labute approximate surface area is 720 Å². The van der Waals surface area contributed by atoms with Crippen LogP contribution in [0.3, 0.4) is 0 Å². The summed E-state index contributed by atoms with van der Waals surface area (Å²) < 4.78 is 24.9. The average molecular weight is 1640 g/mol. The van der Waals surface area contributed by atoms with Crippen molar-refractivity contribution in [3.63, 3.8) is 0 Å². The van der Waals surface area contributed by atoms with Crippen molar-refractivity contribution in [2.45, 2.75) is 552 Å². The molecule has 0 saturated heterocycles. The van der Waals surface area contributed by atoms with Crippen LogP contribution in [0.5, 0.6) is 0 Å². The van der Waals surface area contributed by atoms with Gasteiger partial charge in [-0.1, -0.05) is 325 Å². The van der Waals surface area contributed by atoms with Gasteiger partial charge in [0.05, 0.1) is 16.2 Å². The van der Waals surface area contributed by atoms with Crippen molar-refractivity contribution in [3.8, 4) is 0 Å². The topological polar surface area (TPSA) is 170 Å². The molecule has 0 aromatic carbocycles. The number of rotatable bonds is 89. The number of hydrogen-bond acceptors (Lipinski definition) is 12. The minimum Gasteiger partial charge on any atom is -0.462 e. The number of ether oxygens (including phenoxy) is 4. The highest BCUT2D eigenvalue weighted by atomic mass is 16.6. The van der Waals surface area contributed by atoms with E-state index < -0.39 is 16.2 Å².